The van der Waals surface area contributed by atoms with Gasteiger partial charge in [-0.1, -0.05) is 6.07 Å². The molecule has 0 aliphatic rings. The number of aryl methyl sites for hydroxylation is 2. The Balaban J connectivity index is 2.02. The molecule has 0 atom stereocenters. The molecule has 2 heterocycles. The van der Waals surface area contributed by atoms with Crippen molar-refractivity contribution in [2.24, 2.45) is 5.73 Å². The van der Waals surface area contributed by atoms with E-state index in [1.807, 2.05) is 19.1 Å². The minimum Gasteiger partial charge on any atom is -0.330 e. The van der Waals surface area contributed by atoms with Gasteiger partial charge in [-0.05, 0) is 32.0 Å². The van der Waals surface area contributed by atoms with Gasteiger partial charge in [-0.25, -0.2) is 13.1 Å². The Bertz CT molecular complexity index is 696. The molecule has 2 rings (SSSR count). The summed E-state index contributed by atoms with van der Waals surface area (Å²) < 4.78 is 28.4. The van der Waals surface area contributed by atoms with Gasteiger partial charge in [0.15, 0.2) is 0 Å². The number of pyridine rings is 1. The average molecular weight is 309 g/mol. The van der Waals surface area contributed by atoms with Crippen LogP contribution in [0.1, 0.15) is 17.8 Å². The van der Waals surface area contributed by atoms with Gasteiger partial charge < -0.3 is 5.73 Å². The van der Waals surface area contributed by atoms with Gasteiger partial charge in [-0.2, -0.15) is 5.10 Å². The van der Waals surface area contributed by atoms with Crippen LogP contribution >= 0.6 is 0 Å². The summed E-state index contributed by atoms with van der Waals surface area (Å²) in [6.45, 7) is 3.15. The molecule has 0 unspecified atom stereocenters. The molecule has 0 bridgehead atoms. The summed E-state index contributed by atoms with van der Waals surface area (Å²) in [6, 6.07) is 5.48. The molecule has 2 aromatic heterocycles. The van der Waals surface area contributed by atoms with Crippen molar-refractivity contribution in [2.75, 3.05) is 6.54 Å². The van der Waals surface area contributed by atoms with E-state index in [-0.39, 0.29) is 11.4 Å². The summed E-state index contributed by atoms with van der Waals surface area (Å²) in [6.07, 6.45) is 3.59. The van der Waals surface area contributed by atoms with Crippen LogP contribution in [0.15, 0.2) is 35.5 Å². The van der Waals surface area contributed by atoms with E-state index in [4.69, 9.17) is 5.73 Å². The predicted molar refractivity (Wildman–Crippen MR) is 78.9 cm³/mol. The van der Waals surface area contributed by atoms with Crippen LogP contribution in [0.25, 0.3) is 0 Å². The molecule has 0 aliphatic heterocycles. The van der Waals surface area contributed by atoms with Crippen molar-refractivity contribution in [2.45, 2.75) is 31.3 Å². The number of nitrogens with two attached hydrogens (primary N) is 1. The van der Waals surface area contributed by atoms with Gasteiger partial charge in [0.25, 0.3) is 0 Å². The molecule has 0 saturated carbocycles. The van der Waals surface area contributed by atoms with E-state index in [0.717, 1.165) is 12.1 Å². The lowest BCUT2D eigenvalue weighted by Gasteiger charge is -2.05. The van der Waals surface area contributed by atoms with Crippen molar-refractivity contribution in [3.63, 3.8) is 0 Å². The first-order chi connectivity index (χ1) is 10.0. The highest BCUT2D eigenvalue weighted by Gasteiger charge is 2.16. The van der Waals surface area contributed by atoms with Crippen LogP contribution in [0.4, 0.5) is 0 Å². The standard InChI is InChI=1S/C13H19N5O2S/c1-11-4-2-5-12(17-11)8-16-21(19,20)13-9-15-18(10-13)7-3-6-14/h2,4-5,9-10,16H,3,6-8,14H2,1H3. The van der Waals surface area contributed by atoms with Gasteiger partial charge >= 0.3 is 0 Å². The van der Waals surface area contributed by atoms with Gasteiger partial charge in [-0.15, -0.1) is 0 Å². The minimum absolute atomic E-state index is 0.146. The van der Waals surface area contributed by atoms with Crippen LogP contribution in [-0.4, -0.2) is 29.7 Å². The molecule has 0 spiro atoms. The van der Waals surface area contributed by atoms with E-state index in [0.29, 0.717) is 18.8 Å². The minimum atomic E-state index is -3.58. The van der Waals surface area contributed by atoms with Crippen LogP contribution in [-0.2, 0) is 23.1 Å². The van der Waals surface area contributed by atoms with Crippen molar-refractivity contribution in [1.29, 1.82) is 0 Å². The Morgan fingerprint density at radius 3 is 2.90 bits per heavy atom. The van der Waals surface area contributed by atoms with Gasteiger partial charge in [0, 0.05) is 18.4 Å². The number of hydrogen-bond acceptors (Lipinski definition) is 5. The number of hydrogen-bond donors (Lipinski definition) is 2. The second kappa shape index (κ2) is 6.79. The van der Waals surface area contributed by atoms with Crippen molar-refractivity contribution < 1.29 is 8.42 Å². The maximum atomic E-state index is 12.2. The third-order valence-electron chi connectivity index (χ3n) is 2.90. The summed E-state index contributed by atoms with van der Waals surface area (Å²) in [7, 11) is -3.58. The van der Waals surface area contributed by atoms with E-state index < -0.39 is 10.0 Å². The maximum Gasteiger partial charge on any atom is 0.244 e. The molecule has 2 aromatic rings. The Morgan fingerprint density at radius 2 is 2.19 bits per heavy atom. The molecule has 0 fully saturated rings. The monoisotopic (exact) mass is 309 g/mol. The number of aromatic nitrogens is 3. The molecular formula is C13H19N5O2S. The summed E-state index contributed by atoms with van der Waals surface area (Å²) in [5.74, 6) is 0. The molecule has 7 nitrogen and oxygen atoms in total. The van der Waals surface area contributed by atoms with E-state index in [9.17, 15) is 8.42 Å². The van der Waals surface area contributed by atoms with Gasteiger partial charge in [0.2, 0.25) is 10.0 Å². The largest absolute Gasteiger partial charge is 0.330 e. The second-order valence-corrected chi connectivity index (χ2v) is 6.44. The fourth-order valence-electron chi connectivity index (χ4n) is 1.81. The van der Waals surface area contributed by atoms with Crippen LogP contribution < -0.4 is 10.5 Å². The zero-order valence-corrected chi connectivity index (χ0v) is 12.7. The Morgan fingerprint density at radius 1 is 1.38 bits per heavy atom. The molecular weight excluding hydrogens is 290 g/mol. The third kappa shape index (κ3) is 4.35. The van der Waals surface area contributed by atoms with Crippen molar-refractivity contribution in [1.82, 2.24) is 19.5 Å². The van der Waals surface area contributed by atoms with Crippen molar-refractivity contribution in [3.8, 4) is 0 Å². The van der Waals surface area contributed by atoms with Gasteiger partial charge in [-0.3, -0.25) is 9.67 Å². The first kappa shape index (κ1) is 15.6. The molecule has 0 aromatic carbocycles. The van der Waals surface area contributed by atoms with Gasteiger partial charge in [0.05, 0.1) is 18.4 Å². The lowest BCUT2D eigenvalue weighted by molar-refractivity contribution is 0.575. The number of rotatable bonds is 7. The van der Waals surface area contributed by atoms with E-state index in [2.05, 4.69) is 14.8 Å². The first-order valence-electron chi connectivity index (χ1n) is 6.66. The lowest BCUT2D eigenvalue weighted by atomic mass is 10.3. The second-order valence-electron chi connectivity index (χ2n) is 4.68. The maximum absolute atomic E-state index is 12.2. The zero-order valence-electron chi connectivity index (χ0n) is 11.9. The van der Waals surface area contributed by atoms with Crippen molar-refractivity contribution >= 4 is 10.0 Å². The molecule has 0 aliphatic carbocycles. The topological polar surface area (TPSA) is 103 Å². The molecule has 3 N–H and O–H groups in total. The highest BCUT2D eigenvalue weighted by molar-refractivity contribution is 7.89. The molecule has 21 heavy (non-hydrogen) atoms. The van der Waals surface area contributed by atoms with Gasteiger partial charge in [0.1, 0.15) is 4.90 Å². The van der Waals surface area contributed by atoms with Crippen LogP contribution in [0.2, 0.25) is 0 Å². The Labute approximate surface area is 124 Å². The Kier molecular flexibility index (Phi) is 5.05. The smallest absolute Gasteiger partial charge is 0.244 e. The number of nitrogens with one attached hydrogen (secondary N) is 1. The number of sulfonamides is 1. The van der Waals surface area contributed by atoms with Crippen LogP contribution in [0.5, 0.6) is 0 Å². The average Bonchev–Trinajstić information content (AvgIpc) is 2.93. The first-order valence-corrected chi connectivity index (χ1v) is 8.14. The summed E-state index contributed by atoms with van der Waals surface area (Å²) >= 11 is 0. The third-order valence-corrected chi connectivity index (χ3v) is 4.26. The molecule has 0 radical (unpaired) electrons. The van der Waals surface area contributed by atoms with Crippen LogP contribution in [0.3, 0.4) is 0 Å². The zero-order chi connectivity index (χ0) is 15.3. The normalized spacial score (nSPS) is 11.7. The van der Waals surface area contributed by atoms with E-state index in [1.54, 1.807) is 10.7 Å². The summed E-state index contributed by atoms with van der Waals surface area (Å²) in [5, 5.41) is 4.02. The SMILES string of the molecule is Cc1cccc(CNS(=O)(=O)c2cnn(CCCN)c2)n1. The summed E-state index contributed by atoms with van der Waals surface area (Å²) in [5.41, 5.74) is 6.94. The highest BCUT2D eigenvalue weighted by atomic mass is 32.2. The van der Waals surface area contributed by atoms with E-state index >= 15 is 0 Å². The number of nitrogens with zero attached hydrogens (tertiary/aromatic N) is 3. The fourth-order valence-corrected chi connectivity index (χ4v) is 2.76. The quantitative estimate of drug-likeness (QED) is 0.771. The lowest BCUT2D eigenvalue weighted by Crippen LogP contribution is -2.23. The van der Waals surface area contributed by atoms with E-state index in [1.165, 1.54) is 12.4 Å². The summed E-state index contributed by atoms with van der Waals surface area (Å²) in [4.78, 5) is 4.40. The molecule has 114 valence electrons. The molecule has 0 amide bonds. The Hall–Kier alpha value is -1.77. The molecule has 0 saturated heterocycles. The predicted octanol–water partition coefficient (Wildman–Crippen LogP) is 0.414. The highest BCUT2D eigenvalue weighted by Crippen LogP contribution is 2.08. The van der Waals surface area contributed by atoms with Crippen LogP contribution in [0, 0.1) is 6.92 Å². The van der Waals surface area contributed by atoms with Crippen molar-refractivity contribution in [3.05, 3.63) is 42.0 Å². The molecule has 8 heteroatoms. The fraction of sp³-hybridized carbons (Fsp3) is 0.385.